The predicted octanol–water partition coefficient (Wildman–Crippen LogP) is 4.24. The maximum Gasteiger partial charge on any atom is 0.0889 e. The van der Waals surface area contributed by atoms with E-state index in [9.17, 15) is 0 Å². The van der Waals surface area contributed by atoms with Gasteiger partial charge in [-0.25, -0.2) is 0 Å². The van der Waals surface area contributed by atoms with Gasteiger partial charge in [0.15, 0.2) is 0 Å². The van der Waals surface area contributed by atoms with E-state index in [-0.39, 0.29) is 11.6 Å². The van der Waals surface area contributed by atoms with Crippen LogP contribution >= 0.6 is 23.2 Å². The van der Waals surface area contributed by atoms with E-state index in [4.69, 9.17) is 33.8 Å². The summed E-state index contributed by atoms with van der Waals surface area (Å²) in [5, 5.41) is 1.33. The quantitative estimate of drug-likeness (QED) is 0.631. The number of nitrogens with two attached hydrogens (primary N) is 1. The van der Waals surface area contributed by atoms with Gasteiger partial charge in [0, 0.05) is 16.7 Å². The first kappa shape index (κ1) is 16.1. The Morgan fingerprint density at radius 2 is 2.00 bits per heavy atom. The summed E-state index contributed by atoms with van der Waals surface area (Å²) >= 11 is 12.5. The van der Waals surface area contributed by atoms with Gasteiger partial charge in [0.25, 0.3) is 0 Å². The van der Waals surface area contributed by atoms with E-state index in [0.717, 1.165) is 31.2 Å². The zero-order valence-electron chi connectivity index (χ0n) is 11.8. The van der Waals surface area contributed by atoms with Crippen molar-refractivity contribution in [2.75, 3.05) is 6.61 Å². The van der Waals surface area contributed by atoms with Crippen LogP contribution in [0.5, 0.6) is 0 Å². The first-order valence-electron chi connectivity index (χ1n) is 7.18. The minimum Gasteiger partial charge on any atom is -0.373 e. The van der Waals surface area contributed by atoms with Crippen molar-refractivity contribution in [3.63, 3.8) is 0 Å². The molecule has 1 aromatic carbocycles. The number of halogens is 2. The Morgan fingerprint density at radius 1 is 1.30 bits per heavy atom. The molecule has 1 aliphatic carbocycles. The first-order chi connectivity index (χ1) is 9.63. The van der Waals surface area contributed by atoms with Crippen LogP contribution in [-0.4, -0.2) is 12.2 Å². The summed E-state index contributed by atoms with van der Waals surface area (Å²) in [6.45, 7) is 2.68. The van der Waals surface area contributed by atoms with Gasteiger partial charge in [-0.1, -0.05) is 42.5 Å². The average molecular weight is 317 g/mol. The third kappa shape index (κ3) is 3.29. The Morgan fingerprint density at radius 3 is 2.60 bits per heavy atom. The van der Waals surface area contributed by atoms with Gasteiger partial charge in [0.05, 0.1) is 11.6 Å². The molecule has 0 radical (unpaired) electrons. The molecule has 0 amide bonds. The molecule has 1 aromatic rings. The lowest BCUT2D eigenvalue weighted by Crippen LogP contribution is -2.50. The fraction of sp³-hybridized carbons (Fsp3) is 0.600. The molecule has 0 aliphatic heterocycles. The number of hydrogen-bond acceptors (Lipinski definition) is 3. The monoisotopic (exact) mass is 316 g/mol. The Labute approximate surface area is 130 Å². The third-order valence-corrected chi connectivity index (χ3v) is 4.67. The van der Waals surface area contributed by atoms with Crippen molar-refractivity contribution in [1.29, 1.82) is 0 Å². The number of hydrazine groups is 1. The molecule has 2 rings (SSSR count). The smallest absolute Gasteiger partial charge is 0.0889 e. The summed E-state index contributed by atoms with van der Waals surface area (Å²) < 4.78 is 6.13. The molecule has 3 N–H and O–H groups in total. The van der Waals surface area contributed by atoms with Crippen LogP contribution in [0.25, 0.3) is 0 Å². The van der Waals surface area contributed by atoms with Gasteiger partial charge in [-0.15, -0.1) is 0 Å². The number of rotatable bonds is 5. The zero-order chi connectivity index (χ0) is 14.6. The number of ether oxygens (including phenoxy) is 1. The molecule has 0 saturated heterocycles. The molecule has 5 heteroatoms. The number of hydrogen-bond donors (Lipinski definition) is 2. The van der Waals surface area contributed by atoms with Crippen molar-refractivity contribution < 1.29 is 4.74 Å². The summed E-state index contributed by atoms with van der Waals surface area (Å²) in [5.41, 5.74) is 3.53. The van der Waals surface area contributed by atoms with Crippen molar-refractivity contribution in [2.45, 2.75) is 50.7 Å². The van der Waals surface area contributed by atoms with Gasteiger partial charge < -0.3 is 4.74 Å². The highest BCUT2D eigenvalue weighted by Crippen LogP contribution is 2.43. The second-order valence-corrected chi connectivity index (χ2v) is 6.17. The van der Waals surface area contributed by atoms with E-state index >= 15 is 0 Å². The highest BCUT2D eigenvalue weighted by Gasteiger charge is 2.41. The van der Waals surface area contributed by atoms with Crippen molar-refractivity contribution in [2.24, 2.45) is 5.84 Å². The van der Waals surface area contributed by atoms with Crippen LogP contribution in [0.4, 0.5) is 0 Å². The lowest BCUT2D eigenvalue weighted by Gasteiger charge is -2.43. The van der Waals surface area contributed by atoms with E-state index < -0.39 is 0 Å². The molecule has 112 valence electrons. The molecule has 1 aliphatic rings. The summed E-state index contributed by atoms with van der Waals surface area (Å²) in [6.07, 6.45) is 5.51. The van der Waals surface area contributed by atoms with Crippen molar-refractivity contribution >= 4 is 23.2 Å². The Kier molecular flexibility index (Phi) is 5.70. The fourth-order valence-electron chi connectivity index (χ4n) is 3.21. The first-order valence-corrected chi connectivity index (χ1v) is 7.93. The van der Waals surface area contributed by atoms with Crippen molar-refractivity contribution in [1.82, 2.24) is 5.43 Å². The topological polar surface area (TPSA) is 47.3 Å². The highest BCUT2D eigenvalue weighted by molar-refractivity contribution is 6.33. The van der Waals surface area contributed by atoms with Crippen LogP contribution in [0.2, 0.25) is 10.0 Å². The molecular formula is C15H22Cl2N2O. The molecule has 3 nitrogen and oxygen atoms in total. The van der Waals surface area contributed by atoms with Crippen molar-refractivity contribution in [3.05, 3.63) is 33.8 Å². The van der Waals surface area contributed by atoms with E-state index in [2.05, 4.69) is 5.43 Å². The summed E-state index contributed by atoms with van der Waals surface area (Å²) in [7, 11) is 0. The summed E-state index contributed by atoms with van der Waals surface area (Å²) in [6, 6.07) is 5.33. The predicted molar refractivity (Wildman–Crippen MR) is 84.0 cm³/mol. The Bertz CT molecular complexity index is 442. The van der Waals surface area contributed by atoms with Crippen LogP contribution in [0.3, 0.4) is 0 Å². The average Bonchev–Trinajstić information content (AvgIpc) is 2.45. The number of benzene rings is 1. The molecule has 20 heavy (non-hydrogen) atoms. The number of nitrogens with one attached hydrogen (secondary N) is 1. The largest absolute Gasteiger partial charge is 0.373 e. The Balaban J connectivity index is 2.39. The van der Waals surface area contributed by atoms with Crippen LogP contribution < -0.4 is 11.3 Å². The van der Waals surface area contributed by atoms with Crippen LogP contribution in [0.15, 0.2) is 18.2 Å². The van der Waals surface area contributed by atoms with E-state index in [1.807, 2.05) is 19.1 Å². The van der Waals surface area contributed by atoms with Crippen LogP contribution in [0, 0.1) is 0 Å². The molecule has 0 aromatic heterocycles. The van der Waals surface area contributed by atoms with Gasteiger partial charge in [-0.05, 0) is 43.5 Å². The summed E-state index contributed by atoms with van der Waals surface area (Å²) in [4.78, 5) is 0. The lowest BCUT2D eigenvalue weighted by molar-refractivity contribution is -0.0913. The zero-order valence-corrected chi connectivity index (χ0v) is 13.3. The molecule has 0 spiro atoms. The molecule has 0 bridgehead atoms. The second kappa shape index (κ2) is 7.10. The minimum absolute atomic E-state index is 0.144. The van der Waals surface area contributed by atoms with Gasteiger partial charge >= 0.3 is 0 Å². The molecule has 1 atom stereocenters. The second-order valence-electron chi connectivity index (χ2n) is 5.32. The molecule has 1 saturated carbocycles. The van der Waals surface area contributed by atoms with E-state index in [1.54, 1.807) is 6.07 Å². The molecule has 1 unspecified atom stereocenters. The third-order valence-electron chi connectivity index (χ3n) is 4.09. The molecule has 0 heterocycles. The highest BCUT2D eigenvalue weighted by atomic mass is 35.5. The van der Waals surface area contributed by atoms with Crippen molar-refractivity contribution in [3.8, 4) is 0 Å². The normalized spacial score (nSPS) is 19.8. The van der Waals surface area contributed by atoms with E-state index in [1.165, 1.54) is 6.42 Å². The molecule has 1 fully saturated rings. The maximum atomic E-state index is 6.34. The maximum absolute atomic E-state index is 6.34. The Hall–Kier alpha value is -0.320. The van der Waals surface area contributed by atoms with E-state index in [0.29, 0.717) is 16.7 Å². The fourth-order valence-corrected chi connectivity index (χ4v) is 3.62. The SMILES string of the molecule is CCOC1(C(NN)c2cc(Cl)ccc2Cl)CCCCC1. The van der Waals surface area contributed by atoms with Crippen LogP contribution in [-0.2, 0) is 4.74 Å². The van der Waals surface area contributed by atoms with Gasteiger partial charge in [0.2, 0.25) is 0 Å². The van der Waals surface area contributed by atoms with Gasteiger partial charge in [0.1, 0.15) is 0 Å². The lowest BCUT2D eigenvalue weighted by atomic mass is 9.76. The standard InChI is InChI=1S/C15H22Cl2N2O/c1-2-20-15(8-4-3-5-9-15)14(19-18)12-10-11(16)6-7-13(12)17/h6-7,10,14,19H,2-5,8-9,18H2,1H3. The minimum atomic E-state index is -0.296. The molecular weight excluding hydrogens is 295 g/mol. The summed E-state index contributed by atoms with van der Waals surface area (Å²) in [5.74, 6) is 5.84. The van der Waals surface area contributed by atoms with Crippen LogP contribution in [0.1, 0.15) is 50.6 Å². The van der Waals surface area contributed by atoms with Gasteiger partial charge in [-0.3, -0.25) is 11.3 Å². The van der Waals surface area contributed by atoms with Gasteiger partial charge in [-0.2, -0.15) is 0 Å².